The summed E-state index contributed by atoms with van der Waals surface area (Å²) in [6, 6.07) is 3.99. The summed E-state index contributed by atoms with van der Waals surface area (Å²) in [7, 11) is 2.03. The molecule has 5 heteroatoms. The van der Waals surface area contributed by atoms with Crippen molar-refractivity contribution in [3.8, 4) is 0 Å². The molecule has 3 rings (SSSR count). The van der Waals surface area contributed by atoms with E-state index in [1.807, 2.05) is 26.1 Å². The third-order valence-corrected chi connectivity index (χ3v) is 3.70. The Kier molecular flexibility index (Phi) is 3.19. The zero-order valence-corrected chi connectivity index (χ0v) is 11.5. The van der Waals surface area contributed by atoms with Crippen molar-refractivity contribution in [2.75, 3.05) is 11.9 Å². The Hall–Kier alpha value is -1.91. The van der Waals surface area contributed by atoms with Crippen LogP contribution in [0.2, 0.25) is 0 Å². The average Bonchev–Trinajstić information content (AvgIpc) is 2.83. The second kappa shape index (κ2) is 4.99. The van der Waals surface area contributed by atoms with Gasteiger partial charge in [-0.1, -0.05) is 0 Å². The molecule has 0 aliphatic heterocycles. The van der Waals surface area contributed by atoms with E-state index in [-0.39, 0.29) is 0 Å². The van der Waals surface area contributed by atoms with Crippen molar-refractivity contribution in [2.24, 2.45) is 0 Å². The van der Waals surface area contributed by atoms with E-state index < -0.39 is 0 Å². The molecule has 0 bridgehead atoms. The fraction of sp³-hybridized carbons (Fsp3) is 0.500. The quantitative estimate of drug-likeness (QED) is 0.914. The van der Waals surface area contributed by atoms with Crippen LogP contribution in [0.25, 0.3) is 0 Å². The van der Waals surface area contributed by atoms with E-state index in [4.69, 9.17) is 0 Å². The van der Waals surface area contributed by atoms with Crippen LogP contribution in [0.15, 0.2) is 12.1 Å². The Morgan fingerprint density at radius 3 is 2.84 bits per heavy atom. The molecule has 0 atom stereocenters. The minimum Gasteiger partial charge on any atom is -0.352 e. The summed E-state index contributed by atoms with van der Waals surface area (Å²) in [6.45, 7) is 2.73. The summed E-state index contributed by atoms with van der Waals surface area (Å²) >= 11 is 0. The average molecular weight is 257 g/mol. The Labute approximate surface area is 113 Å². The van der Waals surface area contributed by atoms with Crippen molar-refractivity contribution in [1.29, 1.82) is 0 Å². The number of rotatable bonds is 3. The molecule has 1 aliphatic carbocycles. The summed E-state index contributed by atoms with van der Waals surface area (Å²) in [5, 5.41) is 16.0. The van der Waals surface area contributed by atoms with E-state index >= 15 is 0 Å². The highest BCUT2D eigenvalue weighted by Gasteiger charge is 2.18. The Bertz CT molecular complexity index is 558. The molecular formula is C14H19N5. The molecule has 1 aliphatic rings. The van der Waals surface area contributed by atoms with E-state index in [2.05, 4.69) is 25.3 Å². The molecule has 0 saturated heterocycles. The summed E-state index contributed by atoms with van der Waals surface area (Å²) in [4.78, 5) is 2.09. The van der Waals surface area contributed by atoms with Gasteiger partial charge in [-0.15, -0.1) is 5.10 Å². The van der Waals surface area contributed by atoms with Crippen molar-refractivity contribution in [2.45, 2.75) is 39.2 Å². The first kappa shape index (κ1) is 12.1. The van der Waals surface area contributed by atoms with E-state index in [0.29, 0.717) is 0 Å². The fourth-order valence-electron chi connectivity index (χ4n) is 2.58. The number of hydrogen-bond acceptors (Lipinski definition) is 4. The van der Waals surface area contributed by atoms with Crippen LogP contribution in [-0.2, 0) is 19.4 Å². The normalized spacial score (nSPS) is 14.2. The lowest BCUT2D eigenvalue weighted by molar-refractivity contribution is 0.671. The van der Waals surface area contributed by atoms with E-state index in [0.717, 1.165) is 36.6 Å². The van der Waals surface area contributed by atoms with Crippen LogP contribution in [0.4, 0.5) is 5.82 Å². The largest absolute Gasteiger partial charge is 0.352 e. The van der Waals surface area contributed by atoms with Gasteiger partial charge in [-0.05, 0) is 50.3 Å². The Morgan fingerprint density at radius 1 is 1.21 bits per heavy atom. The lowest BCUT2D eigenvalue weighted by atomic mass is 9.96. The molecular weight excluding hydrogens is 238 g/mol. The lowest BCUT2D eigenvalue weighted by Crippen LogP contribution is -2.19. The molecule has 0 amide bonds. The van der Waals surface area contributed by atoms with E-state index in [1.54, 1.807) is 0 Å². The summed E-state index contributed by atoms with van der Waals surface area (Å²) in [5.41, 5.74) is 4.83. The van der Waals surface area contributed by atoms with Crippen LogP contribution in [-0.4, -0.2) is 27.4 Å². The molecule has 2 heterocycles. The number of aromatic amines is 1. The van der Waals surface area contributed by atoms with Crippen molar-refractivity contribution in [3.63, 3.8) is 0 Å². The molecule has 0 aromatic carbocycles. The number of aromatic nitrogens is 4. The predicted molar refractivity (Wildman–Crippen MR) is 74.1 cm³/mol. The van der Waals surface area contributed by atoms with Gasteiger partial charge in [0, 0.05) is 12.7 Å². The molecule has 2 aromatic rings. The van der Waals surface area contributed by atoms with Gasteiger partial charge in [0.05, 0.1) is 17.9 Å². The van der Waals surface area contributed by atoms with Crippen LogP contribution in [0, 0.1) is 6.92 Å². The fourth-order valence-corrected chi connectivity index (χ4v) is 2.58. The minimum absolute atomic E-state index is 0.781. The maximum absolute atomic E-state index is 4.47. The highest BCUT2D eigenvalue weighted by Crippen LogP contribution is 2.23. The standard InChI is InChI=1S/C14H19N5/c1-10-7-8-14(18-15-10)19(2)9-13-11-5-3-4-6-12(11)16-17-13/h7-8H,3-6,9H2,1-2H3,(H,16,17). The molecule has 19 heavy (non-hydrogen) atoms. The molecule has 0 saturated carbocycles. The number of fused-ring (bicyclic) bond motifs is 1. The predicted octanol–water partition coefficient (Wildman–Crippen LogP) is 2.02. The molecule has 100 valence electrons. The Balaban J connectivity index is 1.77. The first-order valence-corrected chi connectivity index (χ1v) is 6.80. The topological polar surface area (TPSA) is 57.7 Å². The van der Waals surface area contributed by atoms with E-state index in [9.17, 15) is 0 Å². The van der Waals surface area contributed by atoms with Crippen molar-refractivity contribution >= 4 is 5.82 Å². The number of hydrogen-bond donors (Lipinski definition) is 1. The first-order chi connectivity index (χ1) is 9.24. The van der Waals surface area contributed by atoms with Gasteiger partial charge in [0.1, 0.15) is 0 Å². The zero-order valence-electron chi connectivity index (χ0n) is 11.5. The van der Waals surface area contributed by atoms with Gasteiger partial charge < -0.3 is 4.90 Å². The molecule has 5 nitrogen and oxygen atoms in total. The van der Waals surface area contributed by atoms with Crippen LogP contribution in [0.5, 0.6) is 0 Å². The summed E-state index contributed by atoms with van der Waals surface area (Å²) in [5.74, 6) is 0.887. The van der Waals surface area contributed by atoms with Gasteiger partial charge in [0.15, 0.2) is 5.82 Å². The lowest BCUT2D eigenvalue weighted by Gasteiger charge is -2.18. The second-order valence-corrected chi connectivity index (χ2v) is 5.22. The van der Waals surface area contributed by atoms with Gasteiger partial charge in [0.2, 0.25) is 0 Å². The Morgan fingerprint density at radius 2 is 2.05 bits per heavy atom. The molecule has 0 fully saturated rings. The molecule has 0 radical (unpaired) electrons. The maximum atomic E-state index is 4.47. The first-order valence-electron chi connectivity index (χ1n) is 6.80. The third kappa shape index (κ3) is 2.45. The molecule has 1 N–H and O–H groups in total. The highest BCUT2D eigenvalue weighted by atomic mass is 15.3. The third-order valence-electron chi connectivity index (χ3n) is 3.70. The summed E-state index contributed by atoms with van der Waals surface area (Å²) < 4.78 is 0. The number of nitrogens with one attached hydrogen (secondary N) is 1. The van der Waals surface area contributed by atoms with Crippen LogP contribution >= 0.6 is 0 Å². The van der Waals surface area contributed by atoms with Gasteiger partial charge in [-0.3, -0.25) is 5.10 Å². The highest BCUT2D eigenvalue weighted by molar-refractivity contribution is 5.38. The molecule has 0 spiro atoms. The van der Waals surface area contributed by atoms with Crippen LogP contribution < -0.4 is 4.90 Å². The van der Waals surface area contributed by atoms with Crippen molar-refractivity contribution in [3.05, 3.63) is 34.8 Å². The smallest absolute Gasteiger partial charge is 0.151 e. The number of H-pyrrole nitrogens is 1. The SMILES string of the molecule is Cc1ccc(N(C)Cc2n[nH]c3c2CCCC3)nn1. The second-order valence-electron chi connectivity index (χ2n) is 5.22. The van der Waals surface area contributed by atoms with Crippen molar-refractivity contribution in [1.82, 2.24) is 20.4 Å². The molecule has 0 unspecified atom stereocenters. The monoisotopic (exact) mass is 257 g/mol. The summed E-state index contributed by atoms with van der Waals surface area (Å²) in [6.07, 6.45) is 4.83. The maximum Gasteiger partial charge on any atom is 0.151 e. The van der Waals surface area contributed by atoms with Gasteiger partial charge in [-0.25, -0.2) is 0 Å². The zero-order chi connectivity index (χ0) is 13.2. The minimum atomic E-state index is 0.781. The van der Waals surface area contributed by atoms with Crippen molar-refractivity contribution < 1.29 is 0 Å². The van der Waals surface area contributed by atoms with Gasteiger partial charge in [0.25, 0.3) is 0 Å². The van der Waals surface area contributed by atoms with Gasteiger partial charge in [-0.2, -0.15) is 10.2 Å². The van der Waals surface area contributed by atoms with Crippen LogP contribution in [0.1, 0.15) is 35.5 Å². The number of anilines is 1. The number of nitrogens with zero attached hydrogens (tertiary/aromatic N) is 4. The van der Waals surface area contributed by atoms with E-state index in [1.165, 1.54) is 24.1 Å². The van der Waals surface area contributed by atoms with Gasteiger partial charge >= 0.3 is 0 Å². The van der Waals surface area contributed by atoms with Crippen LogP contribution in [0.3, 0.4) is 0 Å². The number of aryl methyl sites for hydroxylation is 2. The molecule has 2 aromatic heterocycles.